The summed E-state index contributed by atoms with van der Waals surface area (Å²) in [6.45, 7) is 0.435. The molecule has 0 saturated heterocycles. The second-order valence-corrected chi connectivity index (χ2v) is 6.61. The number of rotatable bonds is 5. The van der Waals surface area contributed by atoms with Gasteiger partial charge in [0, 0.05) is 24.6 Å². The van der Waals surface area contributed by atoms with E-state index in [4.69, 9.17) is 41.2 Å². The number of nitrogens with zero attached hydrogens (tertiary/aromatic N) is 2. The van der Waals surface area contributed by atoms with E-state index < -0.39 is 0 Å². The van der Waals surface area contributed by atoms with E-state index in [2.05, 4.69) is 15.5 Å². The second kappa shape index (κ2) is 6.51. The van der Waals surface area contributed by atoms with Gasteiger partial charge < -0.3 is 15.6 Å². The van der Waals surface area contributed by atoms with E-state index in [0.29, 0.717) is 29.3 Å². The van der Waals surface area contributed by atoms with Gasteiger partial charge in [-0.05, 0) is 37.2 Å². The van der Waals surface area contributed by atoms with Crippen molar-refractivity contribution in [3.8, 4) is 0 Å². The summed E-state index contributed by atoms with van der Waals surface area (Å²) in [6, 6.07) is 3.44. The van der Waals surface area contributed by atoms with Crippen molar-refractivity contribution in [2.45, 2.75) is 25.3 Å². The average molecular weight is 372 g/mol. The van der Waals surface area contributed by atoms with Gasteiger partial charge >= 0.3 is 0 Å². The van der Waals surface area contributed by atoms with Crippen LogP contribution in [0.1, 0.15) is 35.1 Å². The minimum Gasteiger partial charge on any atom is -0.396 e. The highest BCUT2D eigenvalue weighted by Crippen LogP contribution is 2.35. The fourth-order valence-electron chi connectivity index (χ4n) is 2.33. The van der Waals surface area contributed by atoms with Crippen molar-refractivity contribution >= 4 is 47.0 Å². The number of hydrogen-bond acceptors (Lipinski definition) is 4. The maximum Gasteiger partial charge on any atom is 0.251 e. The van der Waals surface area contributed by atoms with E-state index in [1.807, 2.05) is 4.57 Å². The molecule has 1 heterocycles. The van der Waals surface area contributed by atoms with Gasteiger partial charge in [0.1, 0.15) is 5.82 Å². The number of aromatic nitrogens is 3. The molecule has 3 rings (SSSR count). The smallest absolute Gasteiger partial charge is 0.251 e. The molecule has 122 valence electrons. The van der Waals surface area contributed by atoms with Crippen LogP contribution in [0.5, 0.6) is 0 Å². The van der Waals surface area contributed by atoms with Crippen molar-refractivity contribution in [3.63, 3.8) is 0 Å². The molecule has 0 unspecified atom stereocenters. The molecule has 0 spiro atoms. The van der Waals surface area contributed by atoms with E-state index in [1.54, 1.807) is 0 Å². The van der Waals surface area contributed by atoms with E-state index in [9.17, 15) is 4.79 Å². The van der Waals surface area contributed by atoms with Gasteiger partial charge in [-0.15, -0.1) is 0 Å². The lowest BCUT2D eigenvalue weighted by molar-refractivity contribution is 0.0954. The van der Waals surface area contributed by atoms with Crippen LogP contribution < -0.4 is 11.1 Å². The molecule has 4 N–H and O–H groups in total. The summed E-state index contributed by atoms with van der Waals surface area (Å²) in [5.41, 5.74) is 6.30. The Bertz CT molecular complexity index is 789. The first-order valence-electron chi connectivity index (χ1n) is 7.16. The molecular weight excluding hydrogens is 357 g/mol. The van der Waals surface area contributed by atoms with Crippen LogP contribution in [-0.4, -0.2) is 27.2 Å². The molecule has 6 nitrogen and oxygen atoms in total. The molecular formula is C14H15Cl2N5OS. The van der Waals surface area contributed by atoms with E-state index in [-0.39, 0.29) is 21.6 Å². The standard InChI is InChI=1S/C14H15Cl2N5OS/c15-9-5-7(6-10(16)12(9)17)13(22)18-4-3-11-19-20-14(23)21(11)8-1-2-8/h5-6,8H,1-4,17H2,(H,18,22)(H,20,23). The Balaban J connectivity index is 1.63. The van der Waals surface area contributed by atoms with Crippen molar-refractivity contribution < 1.29 is 4.79 Å². The number of anilines is 1. The Morgan fingerprint density at radius 1 is 1.43 bits per heavy atom. The number of H-pyrrole nitrogens is 1. The molecule has 0 bridgehead atoms. The second-order valence-electron chi connectivity index (χ2n) is 5.41. The van der Waals surface area contributed by atoms with Gasteiger partial charge in [0.25, 0.3) is 5.91 Å². The van der Waals surface area contributed by atoms with Crippen LogP contribution in [-0.2, 0) is 6.42 Å². The Labute approximate surface area is 148 Å². The molecule has 1 aromatic heterocycles. The quantitative estimate of drug-likeness (QED) is 0.556. The van der Waals surface area contributed by atoms with Crippen LogP contribution in [0, 0.1) is 4.77 Å². The number of nitrogens with one attached hydrogen (secondary N) is 2. The van der Waals surface area contributed by atoms with Gasteiger partial charge in [0.05, 0.1) is 15.7 Å². The van der Waals surface area contributed by atoms with Crippen LogP contribution in [0.25, 0.3) is 0 Å². The highest BCUT2D eigenvalue weighted by molar-refractivity contribution is 7.71. The molecule has 0 radical (unpaired) electrons. The third kappa shape index (κ3) is 3.52. The third-order valence-corrected chi connectivity index (χ3v) is 4.58. The highest BCUT2D eigenvalue weighted by atomic mass is 35.5. The summed E-state index contributed by atoms with van der Waals surface area (Å²) in [6.07, 6.45) is 2.83. The highest BCUT2D eigenvalue weighted by Gasteiger charge is 2.27. The predicted molar refractivity (Wildman–Crippen MR) is 92.6 cm³/mol. The van der Waals surface area contributed by atoms with Gasteiger partial charge in [0.2, 0.25) is 0 Å². The zero-order valence-corrected chi connectivity index (χ0v) is 14.4. The van der Waals surface area contributed by atoms with Gasteiger partial charge in [-0.2, -0.15) is 5.10 Å². The van der Waals surface area contributed by atoms with Crippen molar-refractivity contribution in [2.75, 3.05) is 12.3 Å². The van der Waals surface area contributed by atoms with Crippen LogP contribution in [0.3, 0.4) is 0 Å². The molecule has 1 fully saturated rings. The van der Waals surface area contributed by atoms with Crippen molar-refractivity contribution in [1.82, 2.24) is 20.1 Å². The molecule has 1 amide bonds. The average Bonchev–Trinajstić information content (AvgIpc) is 3.28. The molecule has 2 aromatic rings. The molecule has 0 atom stereocenters. The van der Waals surface area contributed by atoms with Gasteiger partial charge in [-0.1, -0.05) is 23.2 Å². The molecule has 1 aliphatic carbocycles. The summed E-state index contributed by atoms with van der Waals surface area (Å²) >= 11 is 17.1. The number of amides is 1. The van der Waals surface area contributed by atoms with Gasteiger partial charge in [-0.25, -0.2) is 0 Å². The lowest BCUT2D eigenvalue weighted by Gasteiger charge is -2.08. The fraction of sp³-hybridized carbons (Fsp3) is 0.357. The van der Waals surface area contributed by atoms with Gasteiger partial charge in [0.15, 0.2) is 4.77 Å². The molecule has 9 heteroatoms. The first-order valence-corrected chi connectivity index (χ1v) is 8.32. The number of benzene rings is 1. The van der Waals surface area contributed by atoms with Crippen molar-refractivity contribution in [1.29, 1.82) is 0 Å². The lowest BCUT2D eigenvalue weighted by atomic mass is 10.2. The molecule has 1 saturated carbocycles. The summed E-state index contributed by atoms with van der Waals surface area (Å²) in [4.78, 5) is 12.2. The molecule has 0 aliphatic heterocycles. The Kier molecular flexibility index (Phi) is 4.61. The van der Waals surface area contributed by atoms with E-state index in [0.717, 1.165) is 18.7 Å². The van der Waals surface area contributed by atoms with Crippen LogP contribution in [0.4, 0.5) is 5.69 Å². The van der Waals surface area contributed by atoms with Crippen LogP contribution >= 0.6 is 35.4 Å². The fourth-order valence-corrected chi connectivity index (χ4v) is 3.12. The van der Waals surface area contributed by atoms with E-state index in [1.165, 1.54) is 12.1 Å². The number of nitrogens with two attached hydrogens (primary N) is 1. The zero-order chi connectivity index (χ0) is 16.6. The predicted octanol–water partition coefficient (Wildman–Crippen LogP) is 3.14. The zero-order valence-electron chi connectivity index (χ0n) is 12.1. The normalized spacial score (nSPS) is 14.0. The summed E-state index contributed by atoms with van der Waals surface area (Å²) in [5, 5.41) is 10.4. The molecule has 1 aliphatic rings. The number of nitrogen functional groups attached to an aromatic ring is 1. The molecule has 1 aromatic carbocycles. The topological polar surface area (TPSA) is 88.7 Å². The maximum absolute atomic E-state index is 12.2. The summed E-state index contributed by atoms with van der Waals surface area (Å²) in [5.74, 6) is 0.590. The minimum absolute atomic E-state index is 0.261. The number of hydrogen-bond donors (Lipinski definition) is 3. The molecule has 23 heavy (non-hydrogen) atoms. The first-order chi connectivity index (χ1) is 11.0. The number of carbonyl (C=O) groups excluding carboxylic acids is 1. The van der Waals surface area contributed by atoms with Crippen LogP contribution in [0.2, 0.25) is 10.0 Å². The largest absolute Gasteiger partial charge is 0.396 e. The van der Waals surface area contributed by atoms with Crippen molar-refractivity contribution in [3.05, 3.63) is 38.3 Å². The maximum atomic E-state index is 12.2. The third-order valence-electron chi connectivity index (χ3n) is 3.66. The van der Waals surface area contributed by atoms with E-state index >= 15 is 0 Å². The summed E-state index contributed by atoms with van der Waals surface area (Å²) in [7, 11) is 0. The Morgan fingerprint density at radius 3 is 2.70 bits per heavy atom. The number of halogens is 2. The summed E-state index contributed by atoms with van der Waals surface area (Å²) < 4.78 is 2.66. The number of aromatic amines is 1. The number of carbonyl (C=O) groups is 1. The van der Waals surface area contributed by atoms with Gasteiger partial charge in [-0.3, -0.25) is 9.89 Å². The van der Waals surface area contributed by atoms with Crippen LogP contribution in [0.15, 0.2) is 12.1 Å². The Hall–Kier alpha value is -1.57. The SMILES string of the molecule is Nc1c(Cl)cc(C(=O)NCCc2n[nH]c(=S)n2C2CC2)cc1Cl. The minimum atomic E-state index is -0.263. The van der Waals surface area contributed by atoms with Crippen molar-refractivity contribution in [2.24, 2.45) is 0 Å². The monoisotopic (exact) mass is 371 g/mol. The lowest BCUT2D eigenvalue weighted by Crippen LogP contribution is -2.26. The first kappa shape index (κ1) is 16.3. The Morgan fingerprint density at radius 2 is 2.09 bits per heavy atom.